The molecule has 0 bridgehead atoms. The number of methoxy groups -OCH3 is 1. The number of alkyl halides is 2. The van der Waals surface area contributed by atoms with Crippen molar-refractivity contribution >= 4 is 5.97 Å². The van der Waals surface area contributed by atoms with Gasteiger partial charge in [0, 0.05) is 0 Å². The van der Waals surface area contributed by atoms with Crippen LogP contribution < -0.4 is 61.2 Å². The molecule has 0 aliphatic carbocycles. The van der Waals surface area contributed by atoms with Crippen molar-refractivity contribution in [2.24, 2.45) is 0 Å². The number of rotatable bonds is 3. The Labute approximate surface area is 128 Å². The molecule has 3 nitrogen and oxygen atoms in total. The molecule has 15 heavy (non-hydrogen) atoms. The number of aliphatic carboxylic acids is 1. The number of carbonyl (C=O) groups is 1. The summed E-state index contributed by atoms with van der Waals surface area (Å²) < 4.78 is 30.6. The zero-order chi connectivity index (χ0) is 10.8. The van der Waals surface area contributed by atoms with Gasteiger partial charge in [-0.1, -0.05) is 12.1 Å². The summed E-state index contributed by atoms with van der Waals surface area (Å²) in [7, 11) is 1.18. The van der Waals surface area contributed by atoms with Gasteiger partial charge < -0.3 is 14.6 Å². The molecule has 76 valence electrons. The van der Waals surface area contributed by atoms with E-state index in [1.807, 2.05) is 0 Å². The van der Waals surface area contributed by atoms with Crippen LogP contribution in [-0.4, -0.2) is 13.1 Å². The first-order valence-corrected chi connectivity index (χ1v) is 3.73. The molecule has 0 spiro atoms. The van der Waals surface area contributed by atoms with E-state index >= 15 is 0 Å². The van der Waals surface area contributed by atoms with Crippen molar-refractivity contribution in [2.75, 3.05) is 7.11 Å². The summed E-state index contributed by atoms with van der Waals surface area (Å²) in [5, 5.41) is 10.2. The standard InChI is InChI=1S/C9H8F2O3.K/c1-14-7-5-3-2-4-6(7)9(10,11)8(12)13;/h2-5H,1H3,(H,12,13);/q;+1/p-1. The Hall–Kier alpha value is -0.0136. The first kappa shape index (κ1) is 15.0. The third-order valence-corrected chi connectivity index (χ3v) is 1.70. The third-order valence-electron chi connectivity index (χ3n) is 1.70. The number of hydrogen-bond donors (Lipinski definition) is 0. The molecule has 0 aliphatic heterocycles. The quantitative estimate of drug-likeness (QED) is 0.551. The zero-order valence-corrected chi connectivity index (χ0v) is 11.4. The molecule has 0 saturated carbocycles. The summed E-state index contributed by atoms with van der Waals surface area (Å²) in [6.45, 7) is 0. The molecule has 6 heteroatoms. The summed E-state index contributed by atoms with van der Waals surface area (Å²) in [5.41, 5.74) is -0.706. The SMILES string of the molecule is COc1ccccc1C(F)(F)C(=O)[O-].[K+]. The Bertz CT molecular complexity index is 355. The minimum Gasteiger partial charge on any atom is -0.544 e. The summed E-state index contributed by atoms with van der Waals surface area (Å²) in [5.74, 6) is -6.66. The Morgan fingerprint density at radius 3 is 2.40 bits per heavy atom. The summed E-state index contributed by atoms with van der Waals surface area (Å²) in [4.78, 5) is 10.2. The van der Waals surface area contributed by atoms with Crippen LogP contribution in [0.25, 0.3) is 0 Å². The molecule has 0 heterocycles. The van der Waals surface area contributed by atoms with Crippen LogP contribution in [-0.2, 0) is 10.7 Å². The van der Waals surface area contributed by atoms with Crippen LogP contribution in [0.4, 0.5) is 8.78 Å². The van der Waals surface area contributed by atoms with Crippen molar-refractivity contribution in [1.29, 1.82) is 0 Å². The molecule has 0 unspecified atom stereocenters. The van der Waals surface area contributed by atoms with Crippen molar-refractivity contribution in [3.05, 3.63) is 29.8 Å². The van der Waals surface area contributed by atoms with Gasteiger partial charge in [0.2, 0.25) is 0 Å². The molecule has 1 aromatic rings. The largest absolute Gasteiger partial charge is 1.00 e. The van der Waals surface area contributed by atoms with E-state index in [1.165, 1.54) is 25.3 Å². The van der Waals surface area contributed by atoms with Gasteiger partial charge in [-0.2, -0.15) is 8.78 Å². The number of ether oxygens (including phenoxy) is 1. The van der Waals surface area contributed by atoms with Gasteiger partial charge in [0.25, 0.3) is 0 Å². The maximum absolute atomic E-state index is 13.0. The van der Waals surface area contributed by atoms with E-state index < -0.39 is 17.5 Å². The summed E-state index contributed by atoms with van der Waals surface area (Å²) in [6, 6.07) is 5.00. The fraction of sp³-hybridized carbons (Fsp3) is 0.222. The van der Waals surface area contributed by atoms with Crippen LogP contribution in [0.2, 0.25) is 0 Å². The molecule has 0 N–H and O–H groups in total. The minimum atomic E-state index is -4.04. The number of carbonyl (C=O) groups excluding carboxylic acids is 1. The maximum Gasteiger partial charge on any atom is 1.00 e. The second kappa shape index (κ2) is 5.90. The van der Waals surface area contributed by atoms with E-state index in [9.17, 15) is 18.7 Å². The number of carboxylic acid groups (broad SMARTS) is 1. The molecule has 0 saturated heterocycles. The van der Waals surface area contributed by atoms with Gasteiger partial charge in [0.1, 0.15) is 11.7 Å². The Kier molecular flexibility index (Phi) is 5.90. The third kappa shape index (κ3) is 3.22. The fourth-order valence-electron chi connectivity index (χ4n) is 1.01. The maximum atomic E-state index is 13.0. The Morgan fingerprint density at radius 2 is 1.93 bits per heavy atom. The number of para-hydroxylation sites is 1. The topological polar surface area (TPSA) is 49.4 Å². The van der Waals surface area contributed by atoms with Gasteiger partial charge in [0.15, 0.2) is 0 Å². The molecular weight excluding hydrogens is 233 g/mol. The molecule has 0 radical (unpaired) electrons. The first-order valence-electron chi connectivity index (χ1n) is 3.73. The van der Waals surface area contributed by atoms with E-state index in [0.717, 1.165) is 6.07 Å². The fourth-order valence-corrected chi connectivity index (χ4v) is 1.01. The number of benzene rings is 1. The van der Waals surface area contributed by atoms with E-state index in [4.69, 9.17) is 0 Å². The van der Waals surface area contributed by atoms with Crippen LogP contribution in [0.3, 0.4) is 0 Å². The van der Waals surface area contributed by atoms with Gasteiger partial charge in [-0.25, -0.2) is 0 Å². The van der Waals surface area contributed by atoms with Crippen LogP contribution in [0.5, 0.6) is 5.75 Å². The van der Waals surface area contributed by atoms with Crippen LogP contribution in [0.15, 0.2) is 24.3 Å². The van der Waals surface area contributed by atoms with Crippen molar-refractivity contribution in [2.45, 2.75) is 5.92 Å². The monoisotopic (exact) mass is 240 g/mol. The van der Waals surface area contributed by atoms with E-state index in [0.29, 0.717) is 0 Å². The first-order chi connectivity index (χ1) is 6.50. The Morgan fingerprint density at radius 1 is 1.40 bits per heavy atom. The van der Waals surface area contributed by atoms with Gasteiger partial charge in [0.05, 0.1) is 12.7 Å². The van der Waals surface area contributed by atoms with Gasteiger partial charge in [-0.05, 0) is 12.1 Å². The average Bonchev–Trinajstić information content (AvgIpc) is 2.17. The second-order valence-electron chi connectivity index (χ2n) is 2.56. The van der Waals surface area contributed by atoms with Gasteiger partial charge in [-0.3, -0.25) is 0 Å². The summed E-state index contributed by atoms with van der Waals surface area (Å²) >= 11 is 0. The number of carboxylic acids is 1. The molecule has 0 amide bonds. The predicted octanol–water partition coefficient (Wildman–Crippen LogP) is -2.46. The second-order valence-corrected chi connectivity index (χ2v) is 2.56. The van der Waals surface area contributed by atoms with Crippen LogP contribution in [0.1, 0.15) is 5.56 Å². The van der Waals surface area contributed by atoms with Crippen molar-refractivity contribution in [3.8, 4) is 5.75 Å². The summed E-state index contributed by atoms with van der Waals surface area (Å²) in [6.07, 6.45) is 0. The van der Waals surface area contributed by atoms with Crippen LogP contribution in [0, 0.1) is 0 Å². The molecular formula is C9H7F2KO3. The zero-order valence-electron chi connectivity index (χ0n) is 8.29. The minimum absolute atomic E-state index is 0. The molecule has 1 rings (SSSR count). The van der Waals surface area contributed by atoms with E-state index in [2.05, 4.69) is 4.74 Å². The van der Waals surface area contributed by atoms with E-state index in [1.54, 1.807) is 0 Å². The number of hydrogen-bond acceptors (Lipinski definition) is 3. The molecule has 0 aromatic heterocycles. The molecule has 0 fully saturated rings. The van der Waals surface area contributed by atoms with Crippen molar-refractivity contribution in [1.82, 2.24) is 0 Å². The number of halogens is 2. The molecule has 0 aliphatic rings. The smallest absolute Gasteiger partial charge is 0.544 e. The van der Waals surface area contributed by atoms with Gasteiger partial charge in [-0.15, -0.1) is 0 Å². The van der Waals surface area contributed by atoms with E-state index in [-0.39, 0.29) is 57.1 Å². The Balaban J connectivity index is 0.00000196. The van der Waals surface area contributed by atoms with Gasteiger partial charge >= 0.3 is 57.3 Å². The van der Waals surface area contributed by atoms with Crippen molar-refractivity contribution < 1.29 is 74.8 Å². The molecule has 1 aromatic carbocycles. The van der Waals surface area contributed by atoms with Crippen LogP contribution >= 0.6 is 0 Å². The normalized spacial score (nSPS) is 10.3. The van der Waals surface area contributed by atoms with Crippen molar-refractivity contribution in [3.63, 3.8) is 0 Å². The predicted molar refractivity (Wildman–Crippen MR) is 41.9 cm³/mol. The molecule has 0 atom stereocenters. The average molecular weight is 240 g/mol.